The molecule has 0 saturated heterocycles. The largest absolute Gasteiger partial charge is 0.487 e. The molecule has 1 aromatic heterocycles. The molecule has 1 N–H and O–H groups in total. The summed E-state index contributed by atoms with van der Waals surface area (Å²) in [5, 5.41) is 3.10. The van der Waals surface area contributed by atoms with Gasteiger partial charge >= 0.3 is 0 Å². The highest BCUT2D eigenvalue weighted by molar-refractivity contribution is 5.36. The molecule has 0 aliphatic heterocycles. The number of nitrogens with zero attached hydrogens (tertiary/aromatic N) is 1. The Kier molecular flexibility index (Phi) is 4.53. The summed E-state index contributed by atoms with van der Waals surface area (Å²) in [7, 11) is 1.92. The van der Waals surface area contributed by atoms with Crippen LogP contribution in [0.4, 0.5) is 0 Å². The van der Waals surface area contributed by atoms with Gasteiger partial charge in [0.25, 0.3) is 0 Å². The standard InChI is InChI=1S/C16H20N2O/c1-12-7-8-13(2)16(9-12)19-11-15-6-4-5-14(18-15)10-17-3/h4-9,17H,10-11H2,1-3H3. The molecule has 19 heavy (non-hydrogen) atoms. The van der Waals surface area contributed by atoms with Gasteiger partial charge in [0.15, 0.2) is 0 Å². The third kappa shape index (κ3) is 3.80. The van der Waals surface area contributed by atoms with E-state index in [9.17, 15) is 0 Å². The van der Waals surface area contributed by atoms with Crippen LogP contribution in [0.25, 0.3) is 0 Å². The minimum atomic E-state index is 0.502. The number of nitrogens with one attached hydrogen (secondary N) is 1. The highest BCUT2D eigenvalue weighted by Gasteiger charge is 2.02. The van der Waals surface area contributed by atoms with Crippen molar-refractivity contribution in [1.82, 2.24) is 10.3 Å². The lowest BCUT2D eigenvalue weighted by atomic mass is 10.1. The first-order chi connectivity index (χ1) is 9.19. The first-order valence-corrected chi connectivity index (χ1v) is 6.48. The summed E-state index contributed by atoms with van der Waals surface area (Å²) in [6, 6.07) is 12.2. The number of hydrogen-bond donors (Lipinski definition) is 1. The summed E-state index contributed by atoms with van der Waals surface area (Å²) in [5.74, 6) is 0.931. The number of benzene rings is 1. The number of aromatic nitrogens is 1. The summed E-state index contributed by atoms with van der Waals surface area (Å²) < 4.78 is 5.85. The minimum Gasteiger partial charge on any atom is -0.487 e. The quantitative estimate of drug-likeness (QED) is 0.893. The molecule has 0 saturated carbocycles. The minimum absolute atomic E-state index is 0.502. The van der Waals surface area contributed by atoms with E-state index in [0.29, 0.717) is 6.61 Å². The molecule has 3 nitrogen and oxygen atoms in total. The number of ether oxygens (including phenoxy) is 1. The topological polar surface area (TPSA) is 34.1 Å². The number of hydrogen-bond acceptors (Lipinski definition) is 3. The lowest BCUT2D eigenvalue weighted by Crippen LogP contribution is -2.08. The normalized spacial score (nSPS) is 10.5. The van der Waals surface area contributed by atoms with E-state index < -0.39 is 0 Å². The van der Waals surface area contributed by atoms with Gasteiger partial charge in [-0.3, -0.25) is 4.98 Å². The van der Waals surface area contributed by atoms with Crippen molar-refractivity contribution in [1.29, 1.82) is 0 Å². The van der Waals surface area contributed by atoms with Gasteiger partial charge in [-0.2, -0.15) is 0 Å². The summed E-state index contributed by atoms with van der Waals surface area (Å²) >= 11 is 0. The van der Waals surface area contributed by atoms with Gasteiger partial charge in [-0.1, -0.05) is 18.2 Å². The van der Waals surface area contributed by atoms with Crippen LogP contribution in [-0.4, -0.2) is 12.0 Å². The Labute approximate surface area is 114 Å². The molecule has 3 heteroatoms. The maximum atomic E-state index is 5.85. The molecule has 0 spiro atoms. The Balaban J connectivity index is 2.05. The summed E-state index contributed by atoms with van der Waals surface area (Å²) in [6.07, 6.45) is 0. The Morgan fingerprint density at radius 2 is 1.89 bits per heavy atom. The zero-order chi connectivity index (χ0) is 13.7. The van der Waals surface area contributed by atoms with Crippen LogP contribution in [0, 0.1) is 13.8 Å². The van der Waals surface area contributed by atoms with E-state index in [1.54, 1.807) is 0 Å². The molecule has 0 aliphatic rings. The van der Waals surface area contributed by atoms with Crippen LogP contribution in [0.1, 0.15) is 22.5 Å². The average molecular weight is 256 g/mol. The van der Waals surface area contributed by atoms with Crippen molar-refractivity contribution in [3.63, 3.8) is 0 Å². The summed E-state index contributed by atoms with van der Waals surface area (Å²) in [4.78, 5) is 4.54. The fourth-order valence-corrected chi connectivity index (χ4v) is 1.90. The SMILES string of the molecule is CNCc1cccc(COc2cc(C)ccc2C)n1. The first kappa shape index (κ1) is 13.6. The first-order valence-electron chi connectivity index (χ1n) is 6.48. The molecule has 0 bridgehead atoms. The maximum absolute atomic E-state index is 5.85. The van der Waals surface area contributed by atoms with Crippen LogP contribution in [0.2, 0.25) is 0 Å². The van der Waals surface area contributed by atoms with Crippen molar-refractivity contribution in [3.8, 4) is 5.75 Å². The van der Waals surface area contributed by atoms with Crippen LogP contribution in [-0.2, 0) is 13.2 Å². The second-order valence-corrected chi connectivity index (χ2v) is 4.71. The maximum Gasteiger partial charge on any atom is 0.130 e. The lowest BCUT2D eigenvalue weighted by Gasteiger charge is -2.10. The molecule has 0 unspecified atom stereocenters. The van der Waals surface area contributed by atoms with Crippen molar-refractivity contribution in [2.45, 2.75) is 27.0 Å². The highest BCUT2D eigenvalue weighted by atomic mass is 16.5. The highest BCUT2D eigenvalue weighted by Crippen LogP contribution is 2.20. The fourth-order valence-electron chi connectivity index (χ4n) is 1.90. The van der Waals surface area contributed by atoms with Crippen molar-refractivity contribution < 1.29 is 4.74 Å². The zero-order valence-corrected chi connectivity index (χ0v) is 11.7. The molecule has 0 atom stereocenters. The van der Waals surface area contributed by atoms with Gasteiger partial charge in [-0.15, -0.1) is 0 Å². The monoisotopic (exact) mass is 256 g/mol. The number of pyridine rings is 1. The third-order valence-corrected chi connectivity index (χ3v) is 2.94. The van der Waals surface area contributed by atoms with Crippen molar-refractivity contribution >= 4 is 0 Å². The van der Waals surface area contributed by atoms with Gasteiger partial charge in [0.05, 0.1) is 11.4 Å². The van der Waals surface area contributed by atoms with E-state index in [1.165, 1.54) is 5.56 Å². The third-order valence-electron chi connectivity index (χ3n) is 2.94. The predicted molar refractivity (Wildman–Crippen MR) is 77.2 cm³/mol. The van der Waals surface area contributed by atoms with E-state index in [2.05, 4.69) is 42.3 Å². The summed E-state index contributed by atoms with van der Waals surface area (Å²) in [6.45, 7) is 5.40. The second kappa shape index (κ2) is 6.34. The second-order valence-electron chi connectivity index (χ2n) is 4.71. The lowest BCUT2D eigenvalue weighted by molar-refractivity contribution is 0.298. The Hall–Kier alpha value is -1.87. The fraction of sp³-hybridized carbons (Fsp3) is 0.312. The van der Waals surface area contributed by atoms with E-state index in [4.69, 9.17) is 4.74 Å². The van der Waals surface area contributed by atoms with Crippen molar-refractivity contribution in [2.75, 3.05) is 7.05 Å². The van der Waals surface area contributed by atoms with E-state index in [-0.39, 0.29) is 0 Å². The van der Waals surface area contributed by atoms with E-state index in [1.807, 2.05) is 25.2 Å². The number of aryl methyl sites for hydroxylation is 2. The molecule has 0 radical (unpaired) electrons. The van der Waals surface area contributed by atoms with E-state index in [0.717, 1.165) is 29.2 Å². The van der Waals surface area contributed by atoms with Crippen LogP contribution < -0.4 is 10.1 Å². The smallest absolute Gasteiger partial charge is 0.130 e. The van der Waals surface area contributed by atoms with Crippen molar-refractivity contribution in [3.05, 3.63) is 58.9 Å². The Morgan fingerprint density at radius 3 is 2.68 bits per heavy atom. The van der Waals surface area contributed by atoms with Crippen molar-refractivity contribution in [2.24, 2.45) is 0 Å². The molecular weight excluding hydrogens is 236 g/mol. The molecule has 0 fully saturated rings. The molecule has 1 aromatic carbocycles. The van der Waals surface area contributed by atoms with Gasteiger partial charge in [0.1, 0.15) is 12.4 Å². The molecule has 0 amide bonds. The average Bonchev–Trinajstić information content (AvgIpc) is 2.41. The number of rotatable bonds is 5. The molecule has 2 aromatic rings. The predicted octanol–water partition coefficient (Wildman–Crippen LogP) is 3.00. The van der Waals surface area contributed by atoms with Crippen LogP contribution in [0.3, 0.4) is 0 Å². The van der Waals surface area contributed by atoms with Gasteiger partial charge in [0, 0.05) is 6.54 Å². The summed E-state index contributed by atoms with van der Waals surface area (Å²) in [5.41, 5.74) is 4.34. The van der Waals surface area contributed by atoms with Gasteiger partial charge in [0.2, 0.25) is 0 Å². The molecule has 2 rings (SSSR count). The van der Waals surface area contributed by atoms with Gasteiger partial charge < -0.3 is 10.1 Å². The zero-order valence-electron chi connectivity index (χ0n) is 11.7. The molecule has 0 aliphatic carbocycles. The molecular formula is C16H20N2O. The van der Waals surface area contributed by atoms with E-state index >= 15 is 0 Å². The van der Waals surface area contributed by atoms with Crippen LogP contribution in [0.5, 0.6) is 5.75 Å². The molecule has 100 valence electrons. The Morgan fingerprint density at radius 1 is 1.11 bits per heavy atom. The Bertz CT molecular complexity index is 552. The van der Waals surface area contributed by atoms with Gasteiger partial charge in [-0.05, 0) is 50.2 Å². The van der Waals surface area contributed by atoms with Crippen LogP contribution >= 0.6 is 0 Å². The van der Waals surface area contributed by atoms with Gasteiger partial charge in [-0.25, -0.2) is 0 Å². The van der Waals surface area contributed by atoms with Crippen LogP contribution in [0.15, 0.2) is 36.4 Å². The molecule has 1 heterocycles.